The van der Waals surface area contributed by atoms with Crippen LogP contribution in [0.1, 0.15) is 74.8 Å². The molecule has 204 valence electrons. The van der Waals surface area contributed by atoms with E-state index in [9.17, 15) is 9.59 Å². The van der Waals surface area contributed by atoms with E-state index < -0.39 is 5.97 Å². The molecule has 2 fully saturated rings. The molecule has 1 unspecified atom stereocenters. The highest BCUT2D eigenvalue weighted by molar-refractivity contribution is 6.36. The Morgan fingerprint density at radius 1 is 1.08 bits per heavy atom. The molecule has 1 saturated carbocycles. The van der Waals surface area contributed by atoms with Gasteiger partial charge in [0.15, 0.2) is 0 Å². The predicted octanol–water partition coefficient (Wildman–Crippen LogP) is 6.86. The number of carboxylic acids is 1. The summed E-state index contributed by atoms with van der Waals surface area (Å²) in [7, 11) is 0. The maximum Gasteiger partial charge on any atom is 0.305 e. The summed E-state index contributed by atoms with van der Waals surface area (Å²) in [5, 5.41) is 12.5. The van der Waals surface area contributed by atoms with E-state index in [1.807, 2.05) is 12.1 Å². The molecule has 1 heterocycles. The van der Waals surface area contributed by atoms with Crippen molar-refractivity contribution in [1.29, 1.82) is 0 Å². The maximum absolute atomic E-state index is 12.4. The zero-order valence-electron chi connectivity index (χ0n) is 22.0. The Balaban J connectivity index is 1.57. The number of nitrogens with one attached hydrogen (secondary N) is 1. The number of carbonyl (C=O) groups is 2. The molecule has 2 N–H and O–H groups in total. The Kier molecular flexibility index (Phi) is 8.89. The van der Waals surface area contributed by atoms with Gasteiger partial charge in [0.2, 0.25) is 0 Å². The first-order chi connectivity index (χ1) is 18.0. The lowest BCUT2D eigenvalue weighted by atomic mass is 9.71. The second-order valence-electron chi connectivity index (χ2n) is 11.1. The van der Waals surface area contributed by atoms with E-state index in [1.165, 1.54) is 0 Å². The van der Waals surface area contributed by atoms with E-state index in [2.05, 4.69) is 31.0 Å². The van der Waals surface area contributed by atoms with Crippen molar-refractivity contribution in [2.45, 2.75) is 65.0 Å². The third-order valence-electron chi connectivity index (χ3n) is 7.55. The van der Waals surface area contributed by atoms with Crippen molar-refractivity contribution in [2.24, 2.45) is 16.3 Å². The van der Waals surface area contributed by atoms with Gasteiger partial charge in [-0.25, -0.2) is 0 Å². The van der Waals surface area contributed by atoms with Gasteiger partial charge in [0.25, 0.3) is 11.9 Å². The summed E-state index contributed by atoms with van der Waals surface area (Å²) in [5.41, 5.74) is 2.39. The number of rotatable bonds is 7. The highest BCUT2D eigenvalue weighted by atomic mass is 35.5. The number of benzene rings is 2. The lowest BCUT2D eigenvalue weighted by Crippen LogP contribution is -2.42. The third kappa shape index (κ3) is 6.80. The fourth-order valence-electron chi connectivity index (χ4n) is 5.34. The summed E-state index contributed by atoms with van der Waals surface area (Å²) in [6.07, 6.45) is 4.25. The summed E-state index contributed by atoms with van der Waals surface area (Å²) in [6.45, 7) is 7.47. The van der Waals surface area contributed by atoms with E-state index in [0.717, 1.165) is 31.2 Å². The number of aliphatic carboxylic acids is 1. The zero-order valence-corrected chi connectivity index (χ0v) is 23.6. The van der Waals surface area contributed by atoms with Gasteiger partial charge in [-0.05, 0) is 72.9 Å². The molecule has 1 aliphatic carbocycles. The predicted molar refractivity (Wildman–Crippen MR) is 150 cm³/mol. The molecule has 1 saturated heterocycles. The molecule has 9 heteroatoms. The minimum absolute atomic E-state index is 0.0554. The van der Waals surface area contributed by atoms with Crippen LogP contribution in [0.2, 0.25) is 10.0 Å². The lowest BCUT2D eigenvalue weighted by Gasteiger charge is -2.41. The molecule has 38 heavy (non-hydrogen) atoms. The molecule has 4 rings (SSSR count). The van der Waals surface area contributed by atoms with Crippen LogP contribution in [0.25, 0.3) is 0 Å². The van der Waals surface area contributed by atoms with Gasteiger partial charge in [-0.2, -0.15) is 4.99 Å². The molecule has 1 atom stereocenters. The highest BCUT2D eigenvalue weighted by Gasteiger charge is 2.40. The average molecular weight is 561 g/mol. The van der Waals surface area contributed by atoms with Crippen molar-refractivity contribution in [3.63, 3.8) is 0 Å². The first-order valence-electron chi connectivity index (χ1n) is 13.1. The third-order valence-corrected chi connectivity index (χ3v) is 8.09. The van der Waals surface area contributed by atoms with E-state index >= 15 is 0 Å². The Labute approximate surface area is 234 Å². The fraction of sp³-hybridized carbons (Fsp3) is 0.483. The van der Waals surface area contributed by atoms with Crippen molar-refractivity contribution in [2.75, 3.05) is 13.2 Å². The summed E-state index contributed by atoms with van der Waals surface area (Å²) in [6, 6.07) is 13.4. The van der Waals surface area contributed by atoms with Crippen LogP contribution in [-0.2, 0) is 9.53 Å². The van der Waals surface area contributed by atoms with Crippen molar-refractivity contribution in [3.05, 3.63) is 63.6 Å². The Hall–Kier alpha value is -2.77. The van der Waals surface area contributed by atoms with E-state index in [-0.39, 0.29) is 36.4 Å². The van der Waals surface area contributed by atoms with Gasteiger partial charge < -0.3 is 20.1 Å². The van der Waals surface area contributed by atoms with Gasteiger partial charge in [-0.3, -0.25) is 9.59 Å². The molecular weight excluding hydrogens is 525 g/mol. The second-order valence-corrected chi connectivity index (χ2v) is 12.0. The molecule has 1 aliphatic heterocycles. The van der Waals surface area contributed by atoms with Crippen LogP contribution < -0.4 is 5.32 Å². The van der Waals surface area contributed by atoms with Gasteiger partial charge >= 0.3 is 5.97 Å². The highest BCUT2D eigenvalue weighted by Crippen LogP contribution is 2.42. The first kappa shape index (κ1) is 28.2. The number of hydrogen-bond donors (Lipinski definition) is 2. The van der Waals surface area contributed by atoms with Gasteiger partial charge in [0, 0.05) is 23.2 Å². The van der Waals surface area contributed by atoms with Gasteiger partial charge in [-0.15, -0.1) is 0 Å². The first-order valence-corrected chi connectivity index (χ1v) is 13.8. The van der Waals surface area contributed by atoms with Crippen LogP contribution in [0, 0.1) is 11.3 Å². The lowest BCUT2D eigenvalue weighted by molar-refractivity contribution is -0.136. The minimum atomic E-state index is -0.948. The molecule has 0 spiro atoms. The Morgan fingerprint density at radius 3 is 2.37 bits per heavy atom. The number of amidine groups is 1. The molecule has 2 aliphatic rings. The number of carboxylic acid groups (broad SMARTS) is 1. The summed E-state index contributed by atoms with van der Waals surface area (Å²) in [4.78, 5) is 30.2. The van der Waals surface area contributed by atoms with Crippen molar-refractivity contribution >= 4 is 46.8 Å². The fourth-order valence-corrected chi connectivity index (χ4v) is 5.79. The van der Waals surface area contributed by atoms with E-state index in [4.69, 9.17) is 38.0 Å². The quantitative estimate of drug-likeness (QED) is 0.386. The summed E-state index contributed by atoms with van der Waals surface area (Å²) >= 11 is 12.5. The van der Waals surface area contributed by atoms with Gasteiger partial charge in [-0.1, -0.05) is 56.1 Å². The molecule has 2 aromatic rings. The van der Waals surface area contributed by atoms with Gasteiger partial charge in [0.1, 0.15) is 6.61 Å². The number of ether oxygens (including phenoxy) is 1. The molecule has 1 amide bonds. The average Bonchev–Trinajstić information content (AvgIpc) is 3.28. The molecule has 2 aromatic carbocycles. The van der Waals surface area contributed by atoms with Crippen molar-refractivity contribution in [3.8, 4) is 0 Å². The number of hydrogen-bond acceptors (Lipinski definition) is 4. The smallest absolute Gasteiger partial charge is 0.305 e. The monoisotopic (exact) mass is 559 g/mol. The van der Waals surface area contributed by atoms with E-state index in [0.29, 0.717) is 39.8 Å². The number of nitrogens with zero attached hydrogens (tertiary/aromatic N) is 2. The maximum atomic E-state index is 12.4. The van der Waals surface area contributed by atoms with Crippen LogP contribution >= 0.6 is 23.2 Å². The van der Waals surface area contributed by atoms with E-state index in [1.54, 1.807) is 30.3 Å². The topological polar surface area (TPSA) is 91.2 Å². The SMILES string of the molecule is CC(C)(C)C1CCC(N2/C(=N/c3ccc(Cl)cc3Cl)OCC2c2ccc(C(=O)NCCC(=O)O)cc2)CC1. The minimum Gasteiger partial charge on any atom is -0.481 e. The molecule has 0 aromatic heterocycles. The summed E-state index contributed by atoms with van der Waals surface area (Å²) < 4.78 is 6.17. The Morgan fingerprint density at radius 2 is 1.76 bits per heavy atom. The number of aliphatic imine (C=N–C) groups is 1. The normalized spacial score (nSPS) is 22.8. The van der Waals surface area contributed by atoms with Crippen molar-refractivity contribution in [1.82, 2.24) is 10.2 Å². The van der Waals surface area contributed by atoms with Crippen LogP contribution in [0.4, 0.5) is 5.69 Å². The van der Waals surface area contributed by atoms with Crippen LogP contribution in [0.15, 0.2) is 47.5 Å². The molecule has 7 nitrogen and oxygen atoms in total. The molecule has 0 radical (unpaired) electrons. The van der Waals surface area contributed by atoms with Crippen LogP contribution in [0.3, 0.4) is 0 Å². The van der Waals surface area contributed by atoms with Crippen LogP contribution in [-0.4, -0.2) is 47.1 Å². The Bertz CT molecular complexity index is 1190. The molecule has 0 bridgehead atoms. The number of halogens is 2. The van der Waals surface area contributed by atoms with Crippen molar-refractivity contribution < 1.29 is 19.4 Å². The van der Waals surface area contributed by atoms with Gasteiger partial charge in [0.05, 0.1) is 23.2 Å². The number of amides is 1. The summed E-state index contributed by atoms with van der Waals surface area (Å²) in [5.74, 6) is -0.570. The molecular formula is C29H35Cl2N3O4. The second kappa shape index (κ2) is 12.0. The largest absolute Gasteiger partial charge is 0.481 e. The standard InChI is InChI=1S/C29H35Cl2N3O4/c1-29(2,3)20-8-11-22(12-9-20)34-25(17-38-28(34)33-24-13-10-21(30)16-23(24)31)18-4-6-19(7-5-18)27(37)32-15-14-26(35)36/h4-7,10,13,16,20,22,25H,8-9,11-12,14-15,17H2,1-3H3,(H,32,37)(H,35,36)/b33-28-. The zero-order chi connectivity index (χ0) is 27.4. The van der Waals surface area contributed by atoms with Crippen LogP contribution in [0.5, 0.6) is 0 Å². The number of carbonyl (C=O) groups excluding carboxylic acids is 1.